The summed E-state index contributed by atoms with van der Waals surface area (Å²) < 4.78 is 10.6. The molecule has 0 saturated carbocycles. The molecule has 4 aromatic carbocycles. The molecule has 0 fully saturated rings. The van der Waals surface area contributed by atoms with E-state index in [-0.39, 0.29) is 18.9 Å². The maximum Gasteiger partial charge on any atom is 0.407 e. The number of hydrogen-bond acceptors (Lipinski definition) is 4. The van der Waals surface area contributed by atoms with Crippen molar-refractivity contribution in [3.05, 3.63) is 107 Å². The normalized spacial score (nSPS) is 13.1. The van der Waals surface area contributed by atoms with Gasteiger partial charge in [0, 0.05) is 22.7 Å². The first-order valence-electron chi connectivity index (χ1n) is 11.4. The number of hydrogen-bond donors (Lipinski definition) is 1. The lowest BCUT2D eigenvalue weighted by molar-refractivity contribution is -0.142. The van der Waals surface area contributed by atoms with Crippen LogP contribution in [0.15, 0.2) is 84.9 Å². The SMILES string of the molecule is COC(=O)[C@H](Cc1ccc(Cl)c2ccccc12)NC(=O)OCC1c2ccccc2-c2ccccc21. The molecule has 0 spiro atoms. The maximum absolute atomic E-state index is 12.8. The van der Waals surface area contributed by atoms with E-state index in [0.29, 0.717) is 5.02 Å². The molecular weight excluding hydrogens is 462 g/mol. The molecule has 1 atom stereocenters. The molecule has 176 valence electrons. The smallest absolute Gasteiger partial charge is 0.407 e. The fraction of sp³-hybridized carbons (Fsp3) is 0.172. The van der Waals surface area contributed by atoms with Gasteiger partial charge in [0.15, 0.2) is 0 Å². The molecular formula is C29H24ClNO4. The summed E-state index contributed by atoms with van der Waals surface area (Å²) >= 11 is 6.33. The van der Waals surface area contributed by atoms with E-state index in [1.807, 2.05) is 54.6 Å². The van der Waals surface area contributed by atoms with Crippen LogP contribution in [0, 0.1) is 0 Å². The minimum absolute atomic E-state index is 0.0649. The number of halogens is 1. The van der Waals surface area contributed by atoms with Crippen LogP contribution in [-0.2, 0) is 20.7 Å². The number of alkyl carbamates (subject to hydrolysis) is 1. The lowest BCUT2D eigenvalue weighted by atomic mass is 9.98. The third-order valence-electron chi connectivity index (χ3n) is 6.51. The minimum Gasteiger partial charge on any atom is -0.467 e. The Morgan fingerprint density at radius 2 is 1.46 bits per heavy atom. The van der Waals surface area contributed by atoms with E-state index < -0.39 is 18.1 Å². The van der Waals surface area contributed by atoms with Gasteiger partial charge in [-0.2, -0.15) is 0 Å². The predicted molar refractivity (Wildman–Crippen MR) is 137 cm³/mol. The van der Waals surface area contributed by atoms with Crippen molar-refractivity contribution >= 4 is 34.4 Å². The van der Waals surface area contributed by atoms with E-state index in [2.05, 4.69) is 29.6 Å². The van der Waals surface area contributed by atoms with Gasteiger partial charge in [-0.25, -0.2) is 9.59 Å². The Balaban J connectivity index is 1.32. The number of nitrogens with one attached hydrogen (secondary N) is 1. The molecule has 0 bridgehead atoms. The second-order valence-corrected chi connectivity index (χ2v) is 8.91. The van der Waals surface area contributed by atoms with Crippen LogP contribution in [0.5, 0.6) is 0 Å². The second kappa shape index (κ2) is 9.80. The van der Waals surface area contributed by atoms with Gasteiger partial charge in [-0.05, 0) is 39.3 Å². The molecule has 5 rings (SSSR count). The average molecular weight is 486 g/mol. The van der Waals surface area contributed by atoms with Crippen molar-refractivity contribution in [3.8, 4) is 11.1 Å². The first-order chi connectivity index (χ1) is 17.1. The number of amides is 1. The van der Waals surface area contributed by atoms with Gasteiger partial charge in [0.05, 0.1) is 7.11 Å². The Morgan fingerprint density at radius 1 is 0.857 bits per heavy atom. The highest BCUT2D eigenvalue weighted by molar-refractivity contribution is 6.35. The van der Waals surface area contributed by atoms with Gasteiger partial charge in [0.1, 0.15) is 12.6 Å². The molecule has 4 aromatic rings. The Kier molecular flexibility index (Phi) is 6.43. The largest absolute Gasteiger partial charge is 0.467 e. The van der Waals surface area contributed by atoms with E-state index >= 15 is 0 Å². The number of esters is 1. The van der Waals surface area contributed by atoms with E-state index in [9.17, 15) is 9.59 Å². The first kappa shape index (κ1) is 22.9. The van der Waals surface area contributed by atoms with Gasteiger partial charge >= 0.3 is 12.1 Å². The highest BCUT2D eigenvalue weighted by Gasteiger charge is 2.30. The van der Waals surface area contributed by atoms with Gasteiger partial charge in [0.2, 0.25) is 0 Å². The zero-order valence-electron chi connectivity index (χ0n) is 19.2. The molecule has 0 saturated heterocycles. The predicted octanol–water partition coefficient (Wildman–Crippen LogP) is 6.12. The summed E-state index contributed by atoms with van der Waals surface area (Å²) in [4.78, 5) is 25.3. The van der Waals surface area contributed by atoms with Crippen molar-refractivity contribution < 1.29 is 19.1 Å². The summed E-state index contributed by atoms with van der Waals surface area (Å²) in [6.07, 6.45) is -0.422. The number of rotatable bonds is 6. The number of fused-ring (bicyclic) bond motifs is 4. The van der Waals surface area contributed by atoms with Crippen LogP contribution in [0.1, 0.15) is 22.6 Å². The molecule has 6 heteroatoms. The summed E-state index contributed by atoms with van der Waals surface area (Å²) in [6.45, 7) is 0.164. The van der Waals surface area contributed by atoms with Gasteiger partial charge in [0.25, 0.3) is 0 Å². The van der Waals surface area contributed by atoms with Gasteiger partial charge in [-0.3, -0.25) is 0 Å². The lowest BCUT2D eigenvalue weighted by Crippen LogP contribution is -2.43. The topological polar surface area (TPSA) is 64.6 Å². The first-order valence-corrected chi connectivity index (χ1v) is 11.8. The Morgan fingerprint density at radius 3 is 2.11 bits per heavy atom. The van der Waals surface area contributed by atoms with E-state index in [0.717, 1.165) is 38.6 Å². The van der Waals surface area contributed by atoms with Crippen molar-refractivity contribution in [1.82, 2.24) is 5.32 Å². The Labute approximate surface area is 208 Å². The summed E-state index contributed by atoms with van der Waals surface area (Å²) in [5.41, 5.74) is 5.43. The van der Waals surface area contributed by atoms with Gasteiger partial charge < -0.3 is 14.8 Å². The monoisotopic (exact) mass is 485 g/mol. The molecule has 1 N–H and O–H groups in total. The van der Waals surface area contributed by atoms with Crippen LogP contribution in [0.3, 0.4) is 0 Å². The van der Waals surface area contributed by atoms with Crippen molar-refractivity contribution in [2.24, 2.45) is 0 Å². The lowest BCUT2D eigenvalue weighted by Gasteiger charge is -2.19. The number of methoxy groups -OCH3 is 1. The molecule has 35 heavy (non-hydrogen) atoms. The molecule has 0 heterocycles. The molecule has 1 aliphatic rings. The average Bonchev–Trinajstić information content (AvgIpc) is 3.22. The maximum atomic E-state index is 12.8. The van der Waals surface area contributed by atoms with E-state index in [4.69, 9.17) is 21.1 Å². The fourth-order valence-electron chi connectivity index (χ4n) is 4.84. The second-order valence-electron chi connectivity index (χ2n) is 8.50. The molecule has 1 amide bonds. The molecule has 0 unspecified atom stereocenters. The van der Waals surface area contributed by atoms with Crippen molar-refractivity contribution in [3.63, 3.8) is 0 Å². The Hall–Kier alpha value is -3.83. The molecule has 0 aromatic heterocycles. The molecule has 0 aliphatic heterocycles. The minimum atomic E-state index is -0.903. The number of benzene rings is 4. The fourth-order valence-corrected chi connectivity index (χ4v) is 5.07. The van der Waals surface area contributed by atoms with Crippen LogP contribution < -0.4 is 5.32 Å². The molecule has 0 radical (unpaired) electrons. The third-order valence-corrected chi connectivity index (χ3v) is 6.84. The van der Waals surface area contributed by atoms with Crippen LogP contribution in [-0.4, -0.2) is 31.8 Å². The van der Waals surface area contributed by atoms with Crippen molar-refractivity contribution in [2.45, 2.75) is 18.4 Å². The van der Waals surface area contributed by atoms with Gasteiger partial charge in [-0.1, -0.05) is 90.5 Å². The van der Waals surface area contributed by atoms with Crippen LogP contribution in [0.4, 0.5) is 4.79 Å². The van der Waals surface area contributed by atoms with Crippen molar-refractivity contribution in [2.75, 3.05) is 13.7 Å². The number of ether oxygens (including phenoxy) is 2. The zero-order chi connectivity index (χ0) is 24.4. The summed E-state index contributed by atoms with van der Waals surface area (Å²) in [5.74, 6) is -0.609. The third kappa shape index (κ3) is 4.47. The van der Waals surface area contributed by atoms with E-state index in [1.165, 1.54) is 7.11 Å². The van der Waals surface area contributed by atoms with E-state index in [1.54, 1.807) is 6.07 Å². The summed E-state index contributed by atoms with van der Waals surface area (Å²) in [5, 5.41) is 5.13. The number of carbonyl (C=O) groups is 2. The highest BCUT2D eigenvalue weighted by atomic mass is 35.5. The quantitative estimate of drug-likeness (QED) is 0.334. The van der Waals surface area contributed by atoms with Crippen LogP contribution in [0.25, 0.3) is 21.9 Å². The molecule has 1 aliphatic carbocycles. The standard InChI is InChI=1S/C29H24ClNO4/c1-34-28(32)27(16-18-14-15-26(30)24-13-7-2-8-19(18)24)31-29(33)35-17-25-22-11-5-3-9-20(22)21-10-4-6-12-23(21)25/h2-15,25,27H,16-17H2,1H3,(H,31,33)/t27-/m0/s1. The zero-order valence-corrected chi connectivity index (χ0v) is 19.9. The van der Waals surface area contributed by atoms with Gasteiger partial charge in [-0.15, -0.1) is 0 Å². The van der Waals surface area contributed by atoms with Crippen molar-refractivity contribution in [1.29, 1.82) is 0 Å². The molecule has 5 nitrogen and oxygen atoms in total. The summed E-state index contributed by atoms with van der Waals surface area (Å²) in [7, 11) is 1.30. The highest BCUT2D eigenvalue weighted by Crippen LogP contribution is 2.44. The summed E-state index contributed by atoms with van der Waals surface area (Å²) in [6, 6.07) is 26.7. The number of carbonyl (C=O) groups excluding carboxylic acids is 2. The van der Waals surface area contributed by atoms with Crippen LogP contribution >= 0.6 is 11.6 Å². The Bertz CT molecular complexity index is 1370. The van der Waals surface area contributed by atoms with Crippen LogP contribution in [0.2, 0.25) is 5.02 Å².